The van der Waals surface area contributed by atoms with Crippen LogP contribution in [0.5, 0.6) is 0 Å². The van der Waals surface area contributed by atoms with Crippen molar-refractivity contribution in [3.8, 4) is 6.07 Å². The molecule has 0 heterocycles. The summed E-state index contributed by atoms with van der Waals surface area (Å²) in [6.45, 7) is 3.93. The van der Waals surface area contributed by atoms with Gasteiger partial charge in [0.15, 0.2) is 3.79 Å². The Morgan fingerprint density at radius 3 is 2.15 bits per heavy atom. The third kappa shape index (κ3) is 6.01. The predicted octanol–water partition coefficient (Wildman–Crippen LogP) is 4.45. The van der Waals surface area contributed by atoms with E-state index in [9.17, 15) is 0 Å². The van der Waals surface area contributed by atoms with Gasteiger partial charge in [-0.3, -0.25) is 0 Å². The van der Waals surface area contributed by atoms with Crippen molar-refractivity contribution in [3.05, 3.63) is 0 Å². The van der Waals surface area contributed by atoms with Crippen LogP contribution in [0.15, 0.2) is 0 Å². The first-order valence-corrected chi connectivity index (χ1v) is 5.82. The molecule has 76 valence electrons. The standard InChI is InChI=1S/C8H11BrCl3N/c1-7(2,3-4-13)6(9)5-8(10,11)12/h6H,3,5H2,1-2H3. The van der Waals surface area contributed by atoms with Gasteiger partial charge in [0.1, 0.15) is 0 Å². The minimum atomic E-state index is -1.26. The lowest BCUT2D eigenvalue weighted by Crippen LogP contribution is -2.27. The fraction of sp³-hybridized carbons (Fsp3) is 0.875. The first kappa shape index (κ1) is 13.8. The molecule has 0 aromatic heterocycles. The van der Waals surface area contributed by atoms with E-state index in [0.717, 1.165) is 0 Å². The van der Waals surface area contributed by atoms with Crippen molar-refractivity contribution < 1.29 is 0 Å². The SMILES string of the molecule is CC(C)(CC#N)C(Br)CC(Cl)(Cl)Cl. The van der Waals surface area contributed by atoms with Crippen LogP contribution in [0.1, 0.15) is 26.7 Å². The van der Waals surface area contributed by atoms with Gasteiger partial charge in [-0.1, -0.05) is 64.6 Å². The van der Waals surface area contributed by atoms with Crippen LogP contribution in [0, 0.1) is 16.7 Å². The van der Waals surface area contributed by atoms with Crippen LogP contribution in [0.4, 0.5) is 0 Å². The maximum absolute atomic E-state index is 8.58. The lowest BCUT2D eigenvalue weighted by atomic mass is 9.85. The van der Waals surface area contributed by atoms with Crippen molar-refractivity contribution in [1.29, 1.82) is 5.26 Å². The minimum Gasteiger partial charge on any atom is -0.198 e. The number of nitrogens with zero attached hydrogens (tertiary/aromatic N) is 1. The van der Waals surface area contributed by atoms with E-state index in [2.05, 4.69) is 22.0 Å². The molecular weight excluding hydrogens is 296 g/mol. The summed E-state index contributed by atoms with van der Waals surface area (Å²) in [4.78, 5) is 0.0205. The number of halogens is 4. The second-order valence-electron chi connectivity index (χ2n) is 3.61. The molecule has 0 aliphatic heterocycles. The third-order valence-electron chi connectivity index (χ3n) is 1.79. The van der Waals surface area contributed by atoms with E-state index in [1.807, 2.05) is 13.8 Å². The highest BCUT2D eigenvalue weighted by molar-refractivity contribution is 9.09. The van der Waals surface area contributed by atoms with Gasteiger partial charge in [-0.25, -0.2) is 0 Å². The molecule has 0 spiro atoms. The van der Waals surface area contributed by atoms with Crippen LogP contribution in [-0.4, -0.2) is 8.62 Å². The van der Waals surface area contributed by atoms with Crippen LogP contribution < -0.4 is 0 Å². The van der Waals surface area contributed by atoms with Crippen LogP contribution in [-0.2, 0) is 0 Å². The zero-order chi connectivity index (χ0) is 10.7. The Hall–Kier alpha value is 0.840. The van der Waals surface area contributed by atoms with E-state index >= 15 is 0 Å². The predicted molar refractivity (Wildman–Crippen MR) is 61.6 cm³/mol. The summed E-state index contributed by atoms with van der Waals surface area (Å²) in [6.07, 6.45) is 0.829. The molecule has 1 unspecified atom stereocenters. The molecule has 0 amide bonds. The average Bonchev–Trinajstić information content (AvgIpc) is 1.82. The van der Waals surface area contributed by atoms with Crippen LogP contribution in [0.25, 0.3) is 0 Å². The van der Waals surface area contributed by atoms with Gasteiger partial charge in [0.2, 0.25) is 0 Å². The van der Waals surface area contributed by atoms with E-state index < -0.39 is 3.79 Å². The minimum absolute atomic E-state index is 0.0205. The number of nitriles is 1. The zero-order valence-electron chi connectivity index (χ0n) is 7.45. The Morgan fingerprint density at radius 2 is 1.85 bits per heavy atom. The molecule has 0 saturated heterocycles. The molecule has 13 heavy (non-hydrogen) atoms. The summed E-state index contributed by atoms with van der Waals surface area (Å²) in [5, 5.41) is 8.58. The highest BCUT2D eigenvalue weighted by Crippen LogP contribution is 2.41. The van der Waals surface area contributed by atoms with Crippen molar-refractivity contribution in [1.82, 2.24) is 0 Å². The quantitative estimate of drug-likeness (QED) is 0.707. The van der Waals surface area contributed by atoms with Gasteiger partial charge in [-0.05, 0) is 5.41 Å². The van der Waals surface area contributed by atoms with E-state index in [-0.39, 0.29) is 10.2 Å². The normalized spacial score (nSPS) is 15.2. The molecule has 0 aliphatic rings. The molecule has 0 fully saturated rings. The summed E-state index contributed by atoms with van der Waals surface area (Å²) < 4.78 is -1.26. The molecule has 0 aliphatic carbocycles. The number of alkyl halides is 4. The lowest BCUT2D eigenvalue weighted by Gasteiger charge is -2.29. The summed E-state index contributed by atoms with van der Waals surface area (Å²) in [6, 6.07) is 2.12. The molecule has 5 heteroatoms. The maximum Gasteiger partial charge on any atom is 0.191 e. The van der Waals surface area contributed by atoms with Gasteiger partial charge in [0.25, 0.3) is 0 Å². The third-order valence-corrected chi connectivity index (χ3v) is 3.82. The molecule has 0 saturated carbocycles. The Labute approximate surface area is 102 Å². The highest BCUT2D eigenvalue weighted by Gasteiger charge is 2.33. The maximum atomic E-state index is 8.58. The van der Waals surface area contributed by atoms with Gasteiger partial charge in [-0.2, -0.15) is 5.26 Å². The fourth-order valence-corrected chi connectivity index (χ4v) is 2.46. The smallest absolute Gasteiger partial charge is 0.191 e. The van der Waals surface area contributed by atoms with Gasteiger partial charge < -0.3 is 0 Å². The number of hydrogen-bond acceptors (Lipinski definition) is 1. The van der Waals surface area contributed by atoms with Crippen LogP contribution in [0.2, 0.25) is 0 Å². The van der Waals surface area contributed by atoms with Gasteiger partial charge in [0, 0.05) is 17.7 Å². The molecule has 0 rings (SSSR count). The first-order chi connectivity index (χ1) is 5.69. The second kappa shape index (κ2) is 5.07. The molecule has 0 aromatic rings. The topological polar surface area (TPSA) is 23.8 Å². The molecule has 0 bridgehead atoms. The average molecular weight is 307 g/mol. The number of hydrogen-bond donors (Lipinski definition) is 0. The Kier molecular flexibility index (Phi) is 5.40. The summed E-state index contributed by atoms with van der Waals surface area (Å²) in [5.74, 6) is 0. The Balaban J connectivity index is 4.26. The molecule has 1 atom stereocenters. The van der Waals surface area contributed by atoms with Gasteiger partial charge >= 0.3 is 0 Å². The van der Waals surface area contributed by atoms with Crippen molar-refractivity contribution >= 4 is 50.7 Å². The monoisotopic (exact) mass is 305 g/mol. The van der Waals surface area contributed by atoms with Crippen LogP contribution in [0.3, 0.4) is 0 Å². The molecule has 0 radical (unpaired) electrons. The first-order valence-electron chi connectivity index (χ1n) is 3.77. The summed E-state index contributed by atoms with van der Waals surface area (Å²) in [7, 11) is 0. The molecule has 0 N–H and O–H groups in total. The summed E-state index contributed by atoms with van der Waals surface area (Å²) >= 11 is 20.4. The number of rotatable bonds is 3. The fourth-order valence-electron chi connectivity index (χ4n) is 0.794. The molecule has 0 aromatic carbocycles. The van der Waals surface area contributed by atoms with E-state index in [1.165, 1.54) is 0 Å². The van der Waals surface area contributed by atoms with Gasteiger partial charge in [-0.15, -0.1) is 0 Å². The highest BCUT2D eigenvalue weighted by atomic mass is 79.9. The van der Waals surface area contributed by atoms with Crippen molar-refractivity contribution in [2.75, 3.05) is 0 Å². The Morgan fingerprint density at radius 1 is 1.38 bits per heavy atom. The van der Waals surface area contributed by atoms with Gasteiger partial charge in [0.05, 0.1) is 6.07 Å². The molecular formula is C8H11BrCl3N. The Bertz CT molecular complexity index is 204. The zero-order valence-corrected chi connectivity index (χ0v) is 11.3. The lowest BCUT2D eigenvalue weighted by molar-refractivity contribution is 0.353. The van der Waals surface area contributed by atoms with Crippen molar-refractivity contribution in [2.45, 2.75) is 35.3 Å². The largest absolute Gasteiger partial charge is 0.198 e. The summed E-state index contributed by atoms with van der Waals surface area (Å²) in [5.41, 5.74) is -0.182. The van der Waals surface area contributed by atoms with E-state index in [1.54, 1.807) is 0 Å². The van der Waals surface area contributed by atoms with Crippen molar-refractivity contribution in [3.63, 3.8) is 0 Å². The van der Waals surface area contributed by atoms with Crippen LogP contribution >= 0.6 is 50.7 Å². The second-order valence-corrected chi connectivity index (χ2v) is 7.23. The van der Waals surface area contributed by atoms with Crippen molar-refractivity contribution in [2.24, 2.45) is 5.41 Å². The van der Waals surface area contributed by atoms with E-state index in [0.29, 0.717) is 12.8 Å². The molecule has 1 nitrogen and oxygen atoms in total. The van der Waals surface area contributed by atoms with E-state index in [4.69, 9.17) is 40.1 Å².